The number of anilines is 2. The van der Waals surface area contributed by atoms with E-state index in [1.165, 1.54) is 17.1 Å². The van der Waals surface area contributed by atoms with Crippen LogP contribution in [0.15, 0.2) is 59.7 Å². The van der Waals surface area contributed by atoms with Crippen molar-refractivity contribution in [3.8, 4) is 0 Å². The summed E-state index contributed by atoms with van der Waals surface area (Å²) in [5.41, 5.74) is 6.34. The fourth-order valence-electron chi connectivity index (χ4n) is 2.11. The zero-order valence-electron chi connectivity index (χ0n) is 14.7. The second-order valence-electron chi connectivity index (χ2n) is 6.58. The average Bonchev–Trinajstić information content (AvgIpc) is 2.58. The molecule has 0 aliphatic heterocycles. The van der Waals surface area contributed by atoms with Gasteiger partial charge in [-0.15, -0.1) is 5.10 Å². The van der Waals surface area contributed by atoms with Crippen LogP contribution < -0.4 is 16.1 Å². The largest absolute Gasteiger partial charge is 0.336 e. The zero-order chi connectivity index (χ0) is 18.4. The third-order valence-electron chi connectivity index (χ3n) is 3.43. The summed E-state index contributed by atoms with van der Waals surface area (Å²) in [6, 6.07) is 15.2. The van der Waals surface area contributed by atoms with E-state index in [9.17, 15) is 9.18 Å². The lowest BCUT2D eigenvalue weighted by atomic mass is 9.90. The van der Waals surface area contributed by atoms with Crippen molar-refractivity contribution in [1.82, 2.24) is 0 Å². The van der Waals surface area contributed by atoms with E-state index in [0.717, 1.165) is 5.69 Å². The Bertz CT molecular complexity index is 754. The third-order valence-corrected chi connectivity index (χ3v) is 3.43. The quantitative estimate of drug-likeness (QED) is 0.377. The maximum Gasteiger partial charge on any atom is 0.205 e. The molecular formula is C19H23FN4O. The first-order chi connectivity index (χ1) is 11.8. The third kappa shape index (κ3) is 5.12. The van der Waals surface area contributed by atoms with Crippen molar-refractivity contribution >= 4 is 23.0 Å². The molecule has 0 aromatic heterocycles. The van der Waals surface area contributed by atoms with Gasteiger partial charge in [0.15, 0.2) is 5.84 Å². The Balaban J connectivity index is 2.41. The van der Waals surface area contributed by atoms with Gasteiger partial charge in [0.2, 0.25) is 5.78 Å². The number of carbonyl (C=O) groups is 1. The number of halogens is 1. The van der Waals surface area contributed by atoms with Gasteiger partial charge in [0.25, 0.3) is 0 Å². The molecule has 0 amide bonds. The lowest BCUT2D eigenvalue weighted by molar-refractivity contribution is -0.119. The summed E-state index contributed by atoms with van der Waals surface area (Å²) in [5, 5.41) is 8.84. The van der Waals surface area contributed by atoms with E-state index in [1.54, 1.807) is 32.9 Å². The van der Waals surface area contributed by atoms with Crippen LogP contribution in [0.25, 0.3) is 0 Å². The molecule has 0 atom stereocenters. The van der Waals surface area contributed by atoms with Gasteiger partial charge in [-0.25, -0.2) is 9.40 Å². The van der Waals surface area contributed by atoms with Gasteiger partial charge in [-0.3, -0.25) is 4.79 Å². The number of nitrogens with two attached hydrogens (primary N) is 1. The highest BCUT2D eigenvalue weighted by atomic mass is 19.1. The SMILES string of the molecule is CC(C)(C)C(=O)C(=NN(CN)c1ccccc1)Nc1cccc(F)c1. The van der Waals surface area contributed by atoms with E-state index in [-0.39, 0.29) is 18.3 Å². The Kier molecular flexibility index (Phi) is 5.88. The van der Waals surface area contributed by atoms with Gasteiger partial charge < -0.3 is 11.1 Å². The van der Waals surface area contributed by atoms with Crippen molar-refractivity contribution in [2.45, 2.75) is 20.8 Å². The Morgan fingerprint density at radius 1 is 1.16 bits per heavy atom. The number of carbonyl (C=O) groups excluding carboxylic acids is 1. The van der Waals surface area contributed by atoms with Crippen molar-refractivity contribution in [2.75, 3.05) is 17.0 Å². The lowest BCUT2D eigenvalue weighted by Crippen LogP contribution is -2.37. The zero-order valence-corrected chi connectivity index (χ0v) is 14.7. The maximum absolute atomic E-state index is 13.5. The molecule has 5 nitrogen and oxygen atoms in total. The second kappa shape index (κ2) is 7.90. The van der Waals surface area contributed by atoms with Gasteiger partial charge in [0.05, 0.1) is 12.4 Å². The van der Waals surface area contributed by atoms with E-state index in [1.807, 2.05) is 30.3 Å². The molecule has 6 heteroatoms. The van der Waals surface area contributed by atoms with Crippen LogP contribution in [-0.2, 0) is 4.79 Å². The van der Waals surface area contributed by atoms with Gasteiger partial charge in [0, 0.05) is 11.1 Å². The van der Waals surface area contributed by atoms with Crippen LogP contribution in [0.4, 0.5) is 15.8 Å². The standard InChI is InChI=1S/C19H23FN4O/c1-19(2,3)17(25)18(22-15-9-7-8-14(20)12-15)23-24(13-21)16-10-5-4-6-11-16/h4-12H,13,21H2,1-3H3,(H,22,23). The summed E-state index contributed by atoms with van der Waals surface area (Å²) in [6.45, 7) is 5.49. The molecule has 3 N–H and O–H groups in total. The topological polar surface area (TPSA) is 70.7 Å². The molecule has 2 rings (SSSR count). The van der Waals surface area contributed by atoms with Gasteiger partial charge in [0.1, 0.15) is 5.82 Å². The molecule has 132 valence electrons. The van der Waals surface area contributed by atoms with E-state index < -0.39 is 11.2 Å². The van der Waals surface area contributed by atoms with Crippen molar-refractivity contribution in [3.63, 3.8) is 0 Å². The minimum Gasteiger partial charge on any atom is -0.336 e. The summed E-state index contributed by atoms with van der Waals surface area (Å²) in [5.74, 6) is -0.496. The minimum absolute atomic E-state index is 0.0930. The monoisotopic (exact) mass is 342 g/mol. The van der Waals surface area contributed by atoms with Crippen molar-refractivity contribution in [2.24, 2.45) is 16.3 Å². The Labute approximate surface area is 147 Å². The van der Waals surface area contributed by atoms with Gasteiger partial charge in [-0.1, -0.05) is 45.0 Å². The lowest BCUT2D eigenvalue weighted by Gasteiger charge is -2.23. The number of amidine groups is 1. The first-order valence-electron chi connectivity index (χ1n) is 8.00. The van der Waals surface area contributed by atoms with Crippen LogP contribution >= 0.6 is 0 Å². The summed E-state index contributed by atoms with van der Waals surface area (Å²) in [4.78, 5) is 12.8. The molecule has 0 aliphatic carbocycles. The van der Waals surface area contributed by atoms with Crippen molar-refractivity contribution in [1.29, 1.82) is 0 Å². The molecule has 0 radical (unpaired) electrons. The highest BCUT2D eigenvalue weighted by Crippen LogP contribution is 2.19. The minimum atomic E-state index is -0.657. The summed E-state index contributed by atoms with van der Waals surface area (Å²) in [6.07, 6.45) is 0. The molecule has 0 spiro atoms. The summed E-state index contributed by atoms with van der Waals surface area (Å²) >= 11 is 0. The van der Waals surface area contributed by atoms with E-state index in [2.05, 4.69) is 10.4 Å². The number of hydrogen-bond donors (Lipinski definition) is 2. The molecule has 0 aliphatic rings. The molecule has 2 aromatic rings. The Morgan fingerprint density at radius 3 is 2.40 bits per heavy atom. The normalized spacial score (nSPS) is 12.0. The first-order valence-corrected chi connectivity index (χ1v) is 8.00. The first kappa shape index (κ1) is 18.6. The van der Waals surface area contributed by atoms with Gasteiger partial charge in [-0.05, 0) is 30.3 Å². The number of para-hydroxylation sites is 1. The van der Waals surface area contributed by atoms with Crippen LogP contribution in [0.2, 0.25) is 0 Å². The second-order valence-corrected chi connectivity index (χ2v) is 6.58. The number of benzene rings is 2. The molecule has 0 fully saturated rings. The number of hydrazone groups is 1. The predicted octanol–water partition coefficient (Wildman–Crippen LogP) is 3.59. The highest BCUT2D eigenvalue weighted by molar-refractivity contribution is 6.44. The molecule has 0 bridgehead atoms. The highest BCUT2D eigenvalue weighted by Gasteiger charge is 2.27. The van der Waals surface area contributed by atoms with Crippen molar-refractivity contribution in [3.05, 3.63) is 60.4 Å². The number of rotatable bonds is 5. The molecular weight excluding hydrogens is 319 g/mol. The number of hydrogen-bond acceptors (Lipinski definition) is 4. The summed E-state index contributed by atoms with van der Waals surface area (Å²) < 4.78 is 13.5. The average molecular weight is 342 g/mol. The molecule has 0 saturated heterocycles. The molecule has 0 saturated carbocycles. The van der Waals surface area contributed by atoms with E-state index >= 15 is 0 Å². The smallest absolute Gasteiger partial charge is 0.205 e. The van der Waals surface area contributed by atoms with Crippen molar-refractivity contribution < 1.29 is 9.18 Å². The molecule has 0 unspecified atom stereocenters. The van der Waals surface area contributed by atoms with Crippen LogP contribution in [0.1, 0.15) is 20.8 Å². The Morgan fingerprint density at radius 2 is 1.84 bits per heavy atom. The van der Waals surface area contributed by atoms with E-state index in [0.29, 0.717) is 5.69 Å². The number of nitrogens with one attached hydrogen (secondary N) is 1. The Hall–Kier alpha value is -2.73. The maximum atomic E-state index is 13.5. The van der Waals surface area contributed by atoms with E-state index in [4.69, 9.17) is 5.73 Å². The van der Waals surface area contributed by atoms with Gasteiger partial charge in [-0.2, -0.15) is 0 Å². The molecule has 0 heterocycles. The van der Waals surface area contributed by atoms with Crippen LogP contribution in [0.3, 0.4) is 0 Å². The summed E-state index contributed by atoms with van der Waals surface area (Å²) in [7, 11) is 0. The fourth-order valence-corrected chi connectivity index (χ4v) is 2.11. The van der Waals surface area contributed by atoms with Crippen LogP contribution in [0, 0.1) is 11.2 Å². The number of nitrogens with zero attached hydrogens (tertiary/aromatic N) is 2. The molecule has 2 aromatic carbocycles. The van der Waals surface area contributed by atoms with Gasteiger partial charge >= 0.3 is 0 Å². The number of ketones is 1. The van der Waals surface area contributed by atoms with Crippen LogP contribution in [-0.4, -0.2) is 18.3 Å². The number of Topliss-reactive ketones (excluding diaryl/α,β-unsaturated/α-hetero) is 1. The molecule has 25 heavy (non-hydrogen) atoms. The predicted molar refractivity (Wildman–Crippen MR) is 99.9 cm³/mol. The van der Waals surface area contributed by atoms with Crippen LogP contribution in [0.5, 0.6) is 0 Å². The fraction of sp³-hybridized carbons (Fsp3) is 0.263.